The minimum atomic E-state index is -0.572. The van der Waals surface area contributed by atoms with Crippen molar-refractivity contribution in [3.8, 4) is 0 Å². The summed E-state index contributed by atoms with van der Waals surface area (Å²) in [6, 6.07) is 1.84. The Morgan fingerprint density at radius 1 is 1.38 bits per heavy atom. The fraction of sp³-hybridized carbons (Fsp3) is 0.667. The summed E-state index contributed by atoms with van der Waals surface area (Å²) < 4.78 is 22.9. The minimum Gasteiger partial charge on any atom is -0.618 e. The Labute approximate surface area is 124 Å². The molecule has 0 aromatic carbocycles. The Morgan fingerprint density at radius 2 is 2.29 bits per heavy atom. The minimum absolute atomic E-state index is 0.455. The number of rotatable bonds is 5. The molecule has 0 radical (unpaired) electrons. The average molecular weight is 295 g/mol. The van der Waals surface area contributed by atoms with Crippen LogP contribution in [-0.4, -0.2) is 40.1 Å². The van der Waals surface area contributed by atoms with E-state index in [0.29, 0.717) is 45.3 Å². The number of ether oxygens (including phenoxy) is 4. The normalized spacial score (nSPS) is 24.4. The van der Waals surface area contributed by atoms with E-state index in [0.717, 1.165) is 28.7 Å². The molecule has 0 aliphatic carbocycles. The van der Waals surface area contributed by atoms with Crippen molar-refractivity contribution in [3.05, 3.63) is 34.3 Å². The number of fused-ring (bicyclic) bond motifs is 2. The molecule has 2 aliphatic heterocycles. The molecule has 1 atom stereocenters. The molecule has 0 N–H and O–H groups in total. The lowest BCUT2D eigenvalue weighted by molar-refractivity contribution is -0.624. The summed E-state index contributed by atoms with van der Waals surface area (Å²) >= 11 is 0. The number of pyridine rings is 1. The second-order valence-electron chi connectivity index (χ2n) is 5.43. The maximum Gasteiger partial charge on any atom is 0.230 e. The van der Waals surface area contributed by atoms with Gasteiger partial charge in [0.25, 0.3) is 0 Å². The topological polar surface area (TPSA) is 63.9 Å². The molecule has 0 saturated carbocycles. The first-order valence-corrected chi connectivity index (χ1v) is 7.30. The van der Waals surface area contributed by atoms with Gasteiger partial charge in [-0.05, 0) is 5.56 Å². The number of hydrogen-bond donors (Lipinski definition) is 0. The molecule has 116 valence electrons. The standard InChI is InChI=1S/C15H21NO5/c1-18-8-9-19-10-12-2-5-16(17)14-13(12)3-6-21-15(14)4-7-20-11-15/h2,5H,3-4,6-11H2,1H3. The fourth-order valence-electron chi connectivity index (χ4n) is 3.10. The van der Waals surface area contributed by atoms with Crippen LogP contribution < -0.4 is 4.73 Å². The quantitative estimate of drug-likeness (QED) is 0.454. The van der Waals surface area contributed by atoms with Gasteiger partial charge >= 0.3 is 0 Å². The van der Waals surface area contributed by atoms with E-state index in [9.17, 15) is 5.21 Å². The van der Waals surface area contributed by atoms with Gasteiger partial charge in [0.2, 0.25) is 5.69 Å². The van der Waals surface area contributed by atoms with E-state index in [2.05, 4.69) is 0 Å². The van der Waals surface area contributed by atoms with Crippen LogP contribution in [-0.2, 0) is 37.6 Å². The highest BCUT2D eigenvalue weighted by molar-refractivity contribution is 5.33. The molecule has 1 aromatic heterocycles. The lowest BCUT2D eigenvalue weighted by atomic mass is 9.88. The molecule has 3 rings (SSSR count). The number of methoxy groups -OCH3 is 1. The predicted molar refractivity (Wildman–Crippen MR) is 73.7 cm³/mol. The van der Waals surface area contributed by atoms with Gasteiger partial charge in [-0.2, -0.15) is 4.73 Å². The van der Waals surface area contributed by atoms with Crippen molar-refractivity contribution < 1.29 is 23.7 Å². The predicted octanol–water partition coefficient (Wildman–Crippen LogP) is 0.671. The first kappa shape index (κ1) is 14.7. The molecule has 1 aromatic rings. The summed E-state index contributed by atoms with van der Waals surface area (Å²) in [5.74, 6) is 0. The van der Waals surface area contributed by atoms with Gasteiger partial charge in [-0.25, -0.2) is 0 Å². The molecule has 1 fully saturated rings. The third-order valence-corrected chi connectivity index (χ3v) is 4.14. The summed E-state index contributed by atoms with van der Waals surface area (Å²) in [4.78, 5) is 0. The third kappa shape index (κ3) is 2.76. The largest absolute Gasteiger partial charge is 0.618 e. The van der Waals surface area contributed by atoms with Gasteiger partial charge in [0.15, 0.2) is 11.8 Å². The second-order valence-corrected chi connectivity index (χ2v) is 5.43. The highest BCUT2D eigenvalue weighted by Crippen LogP contribution is 2.38. The van der Waals surface area contributed by atoms with Crippen LogP contribution in [0.4, 0.5) is 0 Å². The van der Waals surface area contributed by atoms with Crippen LogP contribution in [0.25, 0.3) is 0 Å². The molecule has 3 heterocycles. The zero-order valence-electron chi connectivity index (χ0n) is 12.3. The van der Waals surface area contributed by atoms with Crippen molar-refractivity contribution in [2.75, 3.05) is 40.1 Å². The smallest absolute Gasteiger partial charge is 0.230 e. The average Bonchev–Trinajstić information content (AvgIpc) is 2.94. The first-order chi connectivity index (χ1) is 10.3. The maximum absolute atomic E-state index is 12.3. The third-order valence-electron chi connectivity index (χ3n) is 4.14. The van der Waals surface area contributed by atoms with Crippen molar-refractivity contribution in [1.82, 2.24) is 0 Å². The number of hydrogen-bond acceptors (Lipinski definition) is 5. The molecule has 21 heavy (non-hydrogen) atoms. The number of nitrogens with zero attached hydrogens (tertiary/aromatic N) is 1. The number of aromatic nitrogens is 1. The van der Waals surface area contributed by atoms with Crippen molar-refractivity contribution in [1.29, 1.82) is 0 Å². The van der Waals surface area contributed by atoms with Crippen molar-refractivity contribution in [2.24, 2.45) is 0 Å². The molecule has 6 nitrogen and oxygen atoms in total. The summed E-state index contributed by atoms with van der Waals surface area (Å²) in [6.45, 7) is 3.30. The maximum atomic E-state index is 12.3. The van der Waals surface area contributed by atoms with E-state index in [1.807, 2.05) is 6.07 Å². The van der Waals surface area contributed by atoms with Crippen LogP contribution >= 0.6 is 0 Å². The fourth-order valence-corrected chi connectivity index (χ4v) is 3.10. The Balaban J connectivity index is 1.87. The van der Waals surface area contributed by atoms with E-state index >= 15 is 0 Å². The summed E-state index contributed by atoms with van der Waals surface area (Å²) in [7, 11) is 1.65. The SMILES string of the molecule is COCCOCc1cc[n+]([O-])c2c1CCOC21CCOC1. The molecule has 1 spiro atoms. The molecular weight excluding hydrogens is 274 g/mol. The highest BCUT2D eigenvalue weighted by Gasteiger charge is 2.48. The molecule has 0 bridgehead atoms. The lowest BCUT2D eigenvalue weighted by Crippen LogP contribution is -2.48. The Morgan fingerprint density at radius 3 is 3.05 bits per heavy atom. The second kappa shape index (κ2) is 6.27. The molecule has 6 heteroatoms. The summed E-state index contributed by atoms with van der Waals surface area (Å²) in [6.07, 6.45) is 3.02. The van der Waals surface area contributed by atoms with Gasteiger partial charge in [0, 0.05) is 31.6 Å². The summed E-state index contributed by atoms with van der Waals surface area (Å²) in [5.41, 5.74) is 2.25. The summed E-state index contributed by atoms with van der Waals surface area (Å²) in [5, 5.41) is 12.3. The Kier molecular flexibility index (Phi) is 4.40. The molecule has 2 aliphatic rings. The Hall–Kier alpha value is -1.21. The monoisotopic (exact) mass is 295 g/mol. The van der Waals surface area contributed by atoms with Gasteiger partial charge < -0.3 is 24.2 Å². The highest BCUT2D eigenvalue weighted by atomic mass is 16.6. The van der Waals surface area contributed by atoms with Crippen LogP contribution in [0.5, 0.6) is 0 Å². The Bertz CT molecular complexity index is 499. The van der Waals surface area contributed by atoms with Crippen molar-refractivity contribution >= 4 is 0 Å². The van der Waals surface area contributed by atoms with Crippen molar-refractivity contribution in [2.45, 2.75) is 25.0 Å². The van der Waals surface area contributed by atoms with Gasteiger partial charge in [-0.1, -0.05) is 0 Å². The van der Waals surface area contributed by atoms with Crippen LogP contribution in [0.1, 0.15) is 23.2 Å². The zero-order valence-corrected chi connectivity index (χ0v) is 12.3. The molecule has 0 amide bonds. The van der Waals surface area contributed by atoms with Crippen LogP contribution in [0.2, 0.25) is 0 Å². The lowest BCUT2D eigenvalue weighted by Gasteiger charge is -2.32. The van der Waals surface area contributed by atoms with Crippen LogP contribution in [0, 0.1) is 5.21 Å². The van der Waals surface area contributed by atoms with E-state index in [1.165, 1.54) is 0 Å². The van der Waals surface area contributed by atoms with Crippen LogP contribution in [0.15, 0.2) is 12.3 Å². The van der Waals surface area contributed by atoms with E-state index < -0.39 is 5.60 Å². The molecular formula is C15H21NO5. The van der Waals surface area contributed by atoms with E-state index in [-0.39, 0.29) is 0 Å². The van der Waals surface area contributed by atoms with Crippen LogP contribution in [0.3, 0.4) is 0 Å². The first-order valence-electron chi connectivity index (χ1n) is 7.30. The van der Waals surface area contributed by atoms with Gasteiger partial charge in [-0.3, -0.25) is 0 Å². The van der Waals surface area contributed by atoms with E-state index in [1.54, 1.807) is 13.3 Å². The molecule has 1 saturated heterocycles. The van der Waals surface area contributed by atoms with Gasteiger partial charge in [-0.15, -0.1) is 0 Å². The van der Waals surface area contributed by atoms with Gasteiger partial charge in [0.05, 0.1) is 39.6 Å². The molecule has 1 unspecified atom stereocenters. The zero-order chi connectivity index (χ0) is 14.7. The van der Waals surface area contributed by atoms with E-state index in [4.69, 9.17) is 18.9 Å². The van der Waals surface area contributed by atoms with Crippen molar-refractivity contribution in [3.63, 3.8) is 0 Å². The van der Waals surface area contributed by atoms with Gasteiger partial charge in [0.1, 0.15) is 0 Å².